The number of anilines is 1. The molecule has 1 fully saturated rings. The maximum absolute atomic E-state index is 13.0. The van der Waals surface area contributed by atoms with Crippen LogP contribution in [0.25, 0.3) is 12.2 Å². The SMILES string of the molecule is COc1ccc(C(OC[C@H]2O[C@@H](c3ccc(/C=C/c4ccccc4NC(=O)C(F)(F)F)cc3)C[C@@H]2OP(OCCC#N)N(C(C)C)C(C)C)(c2ccccc2)c2ccc(OC)cc2)cc1. The first-order valence-corrected chi connectivity index (χ1v) is 22.5. The number of nitrogens with zero attached hydrogens (tertiary/aromatic N) is 2. The van der Waals surface area contributed by atoms with Crippen LogP contribution in [0, 0.1) is 11.3 Å². The number of nitriles is 1. The number of carbonyl (C=O) groups is 1. The van der Waals surface area contributed by atoms with Gasteiger partial charge in [-0.25, -0.2) is 4.67 Å². The molecule has 0 bridgehead atoms. The number of hydrogen-bond donors (Lipinski definition) is 1. The van der Waals surface area contributed by atoms with E-state index in [0.717, 1.165) is 27.8 Å². The molecular weight excluding hydrogens is 855 g/mol. The van der Waals surface area contributed by atoms with Gasteiger partial charge in [-0.3, -0.25) is 4.79 Å². The lowest BCUT2D eigenvalue weighted by molar-refractivity contribution is -0.167. The molecule has 14 heteroatoms. The Labute approximate surface area is 380 Å². The number of benzene rings is 5. The Hall–Kier alpha value is -5.58. The fourth-order valence-corrected chi connectivity index (χ4v) is 9.60. The topological polar surface area (TPSA) is 112 Å². The summed E-state index contributed by atoms with van der Waals surface area (Å²) in [4.78, 5) is 11.7. The van der Waals surface area contributed by atoms with Gasteiger partial charge in [0.25, 0.3) is 8.53 Å². The highest BCUT2D eigenvalue weighted by Gasteiger charge is 2.45. The monoisotopic (exact) mass is 909 g/mol. The van der Waals surface area contributed by atoms with Crippen LogP contribution < -0.4 is 14.8 Å². The van der Waals surface area contributed by atoms with E-state index >= 15 is 0 Å². The van der Waals surface area contributed by atoms with Gasteiger partial charge < -0.3 is 33.3 Å². The minimum absolute atomic E-state index is 0.0432. The van der Waals surface area contributed by atoms with Crippen LogP contribution in [0.2, 0.25) is 0 Å². The second-order valence-corrected chi connectivity index (χ2v) is 17.4. The van der Waals surface area contributed by atoms with Gasteiger partial charge in [0, 0.05) is 24.2 Å². The van der Waals surface area contributed by atoms with Crippen molar-refractivity contribution in [2.24, 2.45) is 0 Å². The van der Waals surface area contributed by atoms with Crippen molar-refractivity contribution < 1.29 is 46.0 Å². The summed E-state index contributed by atoms with van der Waals surface area (Å²) in [6.07, 6.45) is -2.44. The number of nitrogens with one attached hydrogen (secondary N) is 1. The summed E-state index contributed by atoms with van der Waals surface area (Å²) in [5, 5.41) is 11.4. The number of amides is 1. The van der Waals surface area contributed by atoms with Gasteiger partial charge in [-0.15, -0.1) is 0 Å². The predicted molar refractivity (Wildman–Crippen MR) is 247 cm³/mol. The van der Waals surface area contributed by atoms with Crippen LogP contribution in [0.15, 0.2) is 127 Å². The molecule has 10 nitrogen and oxygen atoms in total. The average Bonchev–Trinajstić information content (AvgIpc) is 3.71. The number of carbonyl (C=O) groups excluding carboxylic acids is 1. The van der Waals surface area contributed by atoms with Crippen molar-refractivity contribution >= 4 is 32.3 Å². The van der Waals surface area contributed by atoms with Gasteiger partial charge in [-0.1, -0.05) is 109 Å². The number of para-hydroxylation sites is 1. The molecule has 0 spiro atoms. The van der Waals surface area contributed by atoms with Crippen LogP contribution in [0.3, 0.4) is 0 Å². The first-order valence-electron chi connectivity index (χ1n) is 21.4. The zero-order valence-corrected chi connectivity index (χ0v) is 38.2. The maximum Gasteiger partial charge on any atom is 0.471 e. The molecule has 342 valence electrons. The molecule has 1 aliphatic heterocycles. The van der Waals surface area contributed by atoms with Crippen molar-refractivity contribution in [2.75, 3.05) is 32.8 Å². The summed E-state index contributed by atoms with van der Waals surface area (Å²) >= 11 is 0. The van der Waals surface area contributed by atoms with E-state index in [-0.39, 0.29) is 37.4 Å². The predicted octanol–water partition coefficient (Wildman–Crippen LogP) is 11.9. The molecule has 1 unspecified atom stereocenters. The lowest BCUT2D eigenvalue weighted by Crippen LogP contribution is -2.39. The summed E-state index contributed by atoms with van der Waals surface area (Å²) in [6.45, 7) is 8.66. The van der Waals surface area contributed by atoms with Crippen molar-refractivity contribution in [3.8, 4) is 17.6 Å². The largest absolute Gasteiger partial charge is 0.497 e. The van der Waals surface area contributed by atoms with E-state index in [1.54, 1.807) is 44.6 Å². The Balaban J connectivity index is 1.35. The molecule has 6 rings (SSSR count). The minimum atomic E-state index is -5.02. The van der Waals surface area contributed by atoms with Crippen LogP contribution in [0.1, 0.15) is 80.0 Å². The fraction of sp³-hybridized carbons (Fsp3) is 0.333. The highest BCUT2D eigenvalue weighted by molar-refractivity contribution is 7.44. The summed E-state index contributed by atoms with van der Waals surface area (Å²) < 4.78 is 80.1. The third-order valence-electron chi connectivity index (χ3n) is 11.0. The first-order chi connectivity index (χ1) is 31.3. The number of rotatable bonds is 20. The molecule has 0 aliphatic carbocycles. The molecule has 1 N–H and O–H groups in total. The molecule has 0 aromatic heterocycles. The smallest absolute Gasteiger partial charge is 0.471 e. The van der Waals surface area contributed by atoms with Gasteiger partial charge in [0.2, 0.25) is 0 Å². The third kappa shape index (κ3) is 12.2. The summed E-state index contributed by atoms with van der Waals surface area (Å²) in [7, 11) is 1.61. The number of ether oxygens (including phenoxy) is 4. The van der Waals surface area contributed by atoms with Gasteiger partial charge in [-0.2, -0.15) is 18.4 Å². The molecule has 1 saturated heterocycles. The normalized spacial score (nSPS) is 17.1. The second-order valence-electron chi connectivity index (χ2n) is 15.9. The van der Waals surface area contributed by atoms with Gasteiger partial charge in [0.1, 0.15) is 23.2 Å². The number of halogens is 3. The Bertz CT molecular complexity index is 2300. The standard InChI is InChI=1S/C51H55F3N3O7P/c1-35(2)57(36(3)4)65(62-32-12-31-55)64-47-33-46(39-21-18-37(19-22-39)17-20-38-13-10-11-16-45(38)56-49(58)51(52,53)54)63-48(47)34-61-50(40-14-8-7-9-15-40,41-23-27-43(59-5)28-24-41)42-25-29-44(60-6)30-26-42/h7-11,13-30,35-36,46-48H,12,32-34H2,1-6H3,(H,56,58)/b20-17+/t46-,47+,48-,65?/m1/s1. The van der Waals surface area contributed by atoms with E-state index in [1.807, 2.05) is 108 Å². The van der Waals surface area contributed by atoms with Gasteiger partial charge >= 0.3 is 12.1 Å². The number of hydrogen-bond acceptors (Lipinski definition) is 9. The fourth-order valence-electron chi connectivity index (χ4n) is 7.84. The van der Waals surface area contributed by atoms with Crippen LogP contribution in [-0.4, -0.2) is 68.5 Å². The summed E-state index contributed by atoms with van der Waals surface area (Å²) in [5.74, 6) is -0.641. The molecule has 1 heterocycles. The van der Waals surface area contributed by atoms with E-state index in [1.165, 1.54) is 6.07 Å². The Morgan fingerprint density at radius 3 is 1.94 bits per heavy atom. The molecule has 4 atom stereocenters. The van der Waals surface area contributed by atoms with Crippen molar-refractivity contribution in [3.63, 3.8) is 0 Å². The van der Waals surface area contributed by atoms with Gasteiger partial charge in [0.05, 0.1) is 52.1 Å². The van der Waals surface area contributed by atoms with Crippen molar-refractivity contribution in [2.45, 2.75) is 82.7 Å². The zero-order chi connectivity index (χ0) is 46.6. The highest BCUT2D eigenvalue weighted by Crippen LogP contribution is 2.51. The minimum Gasteiger partial charge on any atom is -0.497 e. The third-order valence-corrected chi connectivity index (χ3v) is 13.1. The van der Waals surface area contributed by atoms with Crippen molar-refractivity contribution in [1.29, 1.82) is 5.26 Å². The molecule has 65 heavy (non-hydrogen) atoms. The van der Waals surface area contributed by atoms with Crippen LogP contribution in [-0.2, 0) is 28.9 Å². The van der Waals surface area contributed by atoms with E-state index in [9.17, 15) is 23.2 Å². The van der Waals surface area contributed by atoms with E-state index < -0.39 is 44.5 Å². The van der Waals surface area contributed by atoms with Crippen molar-refractivity contribution in [1.82, 2.24) is 4.67 Å². The summed E-state index contributed by atoms with van der Waals surface area (Å²) in [6, 6.07) is 42.0. The Morgan fingerprint density at radius 1 is 0.815 bits per heavy atom. The Morgan fingerprint density at radius 2 is 1.38 bits per heavy atom. The van der Waals surface area contributed by atoms with Crippen LogP contribution >= 0.6 is 8.53 Å². The quantitative estimate of drug-likeness (QED) is 0.0353. The molecular formula is C51H55F3N3O7P. The average molecular weight is 910 g/mol. The maximum atomic E-state index is 13.0. The van der Waals surface area contributed by atoms with Crippen LogP contribution in [0.4, 0.5) is 18.9 Å². The zero-order valence-electron chi connectivity index (χ0n) is 37.3. The molecule has 0 radical (unpaired) electrons. The van der Waals surface area contributed by atoms with Gasteiger partial charge in [-0.05, 0) is 91.4 Å². The molecule has 0 saturated carbocycles. The molecule has 5 aromatic carbocycles. The van der Waals surface area contributed by atoms with E-state index in [4.69, 9.17) is 28.0 Å². The molecule has 1 amide bonds. The number of alkyl halides is 3. The Kier molecular flexibility index (Phi) is 17.0. The van der Waals surface area contributed by atoms with Crippen molar-refractivity contribution in [3.05, 3.63) is 161 Å². The summed E-state index contributed by atoms with van der Waals surface area (Å²) in [5.41, 5.74) is 3.62. The van der Waals surface area contributed by atoms with E-state index in [2.05, 4.69) is 38.4 Å². The highest BCUT2D eigenvalue weighted by atomic mass is 31.2. The van der Waals surface area contributed by atoms with E-state index in [0.29, 0.717) is 23.5 Å². The second kappa shape index (κ2) is 22.6. The van der Waals surface area contributed by atoms with Gasteiger partial charge in [0.15, 0.2) is 0 Å². The first kappa shape index (κ1) is 48.9. The van der Waals surface area contributed by atoms with Crippen LogP contribution in [0.5, 0.6) is 11.5 Å². The lowest BCUT2D eigenvalue weighted by Gasteiger charge is -2.39. The lowest BCUT2D eigenvalue weighted by atomic mass is 9.80. The number of methoxy groups -OCH3 is 2. The molecule has 5 aromatic rings. The molecule has 1 aliphatic rings.